The van der Waals surface area contributed by atoms with Crippen LogP contribution in [0.2, 0.25) is 5.02 Å². The molecule has 0 spiro atoms. The summed E-state index contributed by atoms with van der Waals surface area (Å²) in [6, 6.07) is 8.95. The van der Waals surface area contributed by atoms with Gasteiger partial charge in [0.05, 0.1) is 23.2 Å². The third-order valence-corrected chi connectivity index (χ3v) is 4.62. The van der Waals surface area contributed by atoms with Gasteiger partial charge in [-0.2, -0.15) is 0 Å². The van der Waals surface area contributed by atoms with E-state index in [1.165, 1.54) is 11.3 Å². The largest absolute Gasteiger partial charge is 0.489 e. The van der Waals surface area contributed by atoms with E-state index in [1.54, 1.807) is 18.2 Å². The molecule has 0 aliphatic rings. The van der Waals surface area contributed by atoms with Gasteiger partial charge in [-0.15, -0.1) is 11.3 Å². The van der Waals surface area contributed by atoms with Gasteiger partial charge in [0.1, 0.15) is 11.5 Å². The predicted molar refractivity (Wildman–Crippen MR) is 104 cm³/mol. The zero-order valence-electron chi connectivity index (χ0n) is 14.7. The molecule has 1 aromatic carbocycles. The Balaban J connectivity index is 1.62. The van der Waals surface area contributed by atoms with Crippen LogP contribution in [0.4, 0.5) is 5.69 Å². The van der Waals surface area contributed by atoms with Gasteiger partial charge in [-0.05, 0) is 51.1 Å². The Morgan fingerprint density at radius 3 is 2.81 bits per heavy atom. The van der Waals surface area contributed by atoms with Crippen LogP contribution in [0.3, 0.4) is 0 Å². The maximum Gasteiger partial charge on any atom is 0.230 e. The van der Waals surface area contributed by atoms with Crippen molar-refractivity contribution in [1.82, 2.24) is 4.98 Å². The predicted octanol–water partition coefficient (Wildman–Crippen LogP) is 5.33. The summed E-state index contributed by atoms with van der Waals surface area (Å²) >= 11 is 7.64. The van der Waals surface area contributed by atoms with E-state index in [2.05, 4.69) is 10.3 Å². The molecule has 0 atom stereocenters. The molecule has 7 heteroatoms. The number of rotatable bonds is 6. The molecule has 3 rings (SSSR count). The van der Waals surface area contributed by atoms with Gasteiger partial charge < -0.3 is 14.5 Å². The highest BCUT2D eigenvalue weighted by atomic mass is 35.5. The lowest BCUT2D eigenvalue weighted by atomic mass is 10.2. The Morgan fingerprint density at radius 1 is 1.35 bits per heavy atom. The summed E-state index contributed by atoms with van der Waals surface area (Å²) in [5.74, 6) is 1.98. The summed E-state index contributed by atoms with van der Waals surface area (Å²) < 4.78 is 11.1. The minimum atomic E-state index is -0.161. The van der Waals surface area contributed by atoms with Crippen LogP contribution in [0.1, 0.15) is 25.3 Å². The lowest BCUT2D eigenvalue weighted by Crippen LogP contribution is -2.14. The number of benzene rings is 1. The zero-order chi connectivity index (χ0) is 18.7. The third-order valence-electron chi connectivity index (χ3n) is 3.42. The topological polar surface area (TPSA) is 64.4 Å². The fourth-order valence-corrected chi connectivity index (χ4v) is 3.35. The van der Waals surface area contributed by atoms with Gasteiger partial charge in [0.2, 0.25) is 5.91 Å². The molecule has 0 saturated carbocycles. The van der Waals surface area contributed by atoms with Crippen molar-refractivity contribution >= 4 is 34.5 Å². The van der Waals surface area contributed by atoms with E-state index in [0.29, 0.717) is 27.9 Å². The first-order valence-corrected chi connectivity index (χ1v) is 9.44. The van der Waals surface area contributed by atoms with Crippen molar-refractivity contribution in [2.75, 3.05) is 5.32 Å². The van der Waals surface area contributed by atoms with Crippen molar-refractivity contribution in [2.24, 2.45) is 0 Å². The molecule has 0 radical (unpaired) electrons. The van der Waals surface area contributed by atoms with E-state index >= 15 is 0 Å². The number of amides is 1. The number of hydrogen-bond donors (Lipinski definition) is 1. The molecule has 1 amide bonds. The molecule has 5 nitrogen and oxygen atoms in total. The number of nitrogens with one attached hydrogen (secondary N) is 1. The van der Waals surface area contributed by atoms with Gasteiger partial charge in [-0.3, -0.25) is 4.79 Å². The van der Waals surface area contributed by atoms with Crippen molar-refractivity contribution in [2.45, 2.75) is 33.3 Å². The van der Waals surface area contributed by atoms with Gasteiger partial charge in [-0.1, -0.05) is 11.6 Å². The number of aromatic nitrogens is 1. The molecule has 0 aliphatic heterocycles. The quantitative estimate of drug-likeness (QED) is 0.617. The van der Waals surface area contributed by atoms with Crippen molar-refractivity contribution in [3.8, 4) is 16.5 Å². The summed E-state index contributed by atoms with van der Waals surface area (Å²) in [6.07, 6.45) is 0.211. The number of hydrogen-bond acceptors (Lipinski definition) is 5. The molecule has 2 heterocycles. The highest BCUT2D eigenvalue weighted by molar-refractivity contribution is 7.13. The molecular formula is C19H19ClN2O3S. The van der Waals surface area contributed by atoms with Gasteiger partial charge >= 0.3 is 0 Å². The second-order valence-corrected chi connectivity index (χ2v) is 7.36. The fraction of sp³-hybridized carbons (Fsp3) is 0.263. The monoisotopic (exact) mass is 390 g/mol. The molecule has 0 fully saturated rings. The van der Waals surface area contributed by atoms with E-state index in [4.69, 9.17) is 20.8 Å². The first-order chi connectivity index (χ1) is 12.4. The molecule has 0 aliphatic carbocycles. The summed E-state index contributed by atoms with van der Waals surface area (Å²) in [6.45, 7) is 5.74. The number of anilines is 1. The van der Waals surface area contributed by atoms with Crippen LogP contribution in [-0.4, -0.2) is 17.0 Å². The van der Waals surface area contributed by atoms with E-state index in [9.17, 15) is 4.79 Å². The highest BCUT2D eigenvalue weighted by Crippen LogP contribution is 2.29. The third kappa shape index (κ3) is 4.65. The molecule has 0 unspecified atom stereocenters. The SMILES string of the molecule is Cc1ccc(-c2nc(CC(=O)Nc3ccc(OC(C)C)c(Cl)c3)cs2)o1. The van der Waals surface area contributed by atoms with Crippen LogP contribution < -0.4 is 10.1 Å². The Labute approximate surface area is 161 Å². The summed E-state index contributed by atoms with van der Waals surface area (Å²) in [7, 11) is 0. The lowest BCUT2D eigenvalue weighted by Gasteiger charge is -2.12. The molecule has 0 saturated heterocycles. The van der Waals surface area contributed by atoms with Crippen LogP contribution in [0.25, 0.3) is 10.8 Å². The lowest BCUT2D eigenvalue weighted by molar-refractivity contribution is -0.115. The molecular weight excluding hydrogens is 372 g/mol. The second-order valence-electron chi connectivity index (χ2n) is 6.09. The second kappa shape index (κ2) is 7.93. The van der Waals surface area contributed by atoms with Crippen LogP contribution in [0, 0.1) is 6.92 Å². The molecule has 0 bridgehead atoms. The Kier molecular flexibility index (Phi) is 5.64. The van der Waals surface area contributed by atoms with E-state index in [-0.39, 0.29) is 18.4 Å². The number of furan rings is 1. The minimum absolute atomic E-state index is 0.0322. The molecule has 136 valence electrons. The number of ether oxygens (including phenoxy) is 1. The molecule has 2 aromatic heterocycles. The number of thiazole rings is 1. The van der Waals surface area contributed by atoms with Crippen molar-refractivity contribution in [3.05, 3.63) is 52.2 Å². The Morgan fingerprint density at radius 2 is 2.15 bits per heavy atom. The van der Waals surface area contributed by atoms with Crippen LogP contribution in [0.5, 0.6) is 5.75 Å². The average molecular weight is 391 g/mol. The fourth-order valence-electron chi connectivity index (χ4n) is 2.35. The van der Waals surface area contributed by atoms with Crippen LogP contribution in [-0.2, 0) is 11.2 Å². The van der Waals surface area contributed by atoms with E-state index in [0.717, 1.165) is 10.8 Å². The number of aryl methyl sites for hydroxylation is 1. The number of halogens is 1. The Hall–Kier alpha value is -2.31. The van der Waals surface area contributed by atoms with Gasteiger partial charge in [0.15, 0.2) is 10.8 Å². The summed E-state index contributed by atoms with van der Waals surface area (Å²) in [5, 5.41) is 5.91. The van der Waals surface area contributed by atoms with E-state index in [1.807, 2.05) is 38.3 Å². The van der Waals surface area contributed by atoms with Crippen LogP contribution in [0.15, 0.2) is 40.1 Å². The minimum Gasteiger partial charge on any atom is -0.489 e. The molecule has 3 aromatic rings. The number of carbonyl (C=O) groups excluding carboxylic acids is 1. The normalized spacial score (nSPS) is 11.0. The van der Waals surface area contributed by atoms with Gasteiger partial charge in [-0.25, -0.2) is 4.98 Å². The summed E-state index contributed by atoms with van der Waals surface area (Å²) in [5.41, 5.74) is 1.32. The summed E-state index contributed by atoms with van der Waals surface area (Å²) in [4.78, 5) is 16.7. The van der Waals surface area contributed by atoms with Gasteiger partial charge in [0.25, 0.3) is 0 Å². The van der Waals surface area contributed by atoms with Crippen molar-refractivity contribution in [1.29, 1.82) is 0 Å². The smallest absolute Gasteiger partial charge is 0.230 e. The maximum atomic E-state index is 12.3. The van der Waals surface area contributed by atoms with Crippen LogP contribution >= 0.6 is 22.9 Å². The first-order valence-electron chi connectivity index (χ1n) is 8.18. The number of nitrogens with zero attached hydrogens (tertiary/aromatic N) is 1. The van der Waals surface area contributed by atoms with E-state index < -0.39 is 0 Å². The maximum absolute atomic E-state index is 12.3. The highest BCUT2D eigenvalue weighted by Gasteiger charge is 2.12. The standard InChI is InChI=1S/C19H19ClN2O3S/c1-11(2)24-16-7-5-13(8-15(16)20)21-18(23)9-14-10-26-19(22-14)17-6-4-12(3)25-17/h4-8,10-11H,9H2,1-3H3,(H,21,23). The Bertz CT molecular complexity index is 917. The van der Waals surface area contributed by atoms with Gasteiger partial charge in [0, 0.05) is 11.1 Å². The van der Waals surface area contributed by atoms with Crippen molar-refractivity contribution in [3.63, 3.8) is 0 Å². The first kappa shape index (κ1) is 18.5. The zero-order valence-corrected chi connectivity index (χ0v) is 16.3. The van der Waals surface area contributed by atoms with Crippen molar-refractivity contribution < 1.29 is 13.9 Å². The molecule has 1 N–H and O–H groups in total. The number of carbonyl (C=O) groups is 1. The molecule has 26 heavy (non-hydrogen) atoms. The average Bonchev–Trinajstić information content (AvgIpc) is 3.18.